The average molecular weight is 248 g/mol. The largest absolute Gasteiger partial charge is 0.488 e. The molecule has 1 N–H and O–H groups in total. The van der Waals surface area contributed by atoms with Crippen molar-refractivity contribution >= 4 is 16.9 Å². The summed E-state index contributed by atoms with van der Waals surface area (Å²) >= 11 is 0. The molecule has 1 heterocycles. The van der Waals surface area contributed by atoms with Gasteiger partial charge in [-0.25, -0.2) is 4.79 Å². The van der Waals surface area contributed by atoms with Gasteiger partial charge in [-0.1, -0.05) is 26.0 Å². The van der Waals surface area contributed by atoms with Crippen molar-refractivity contribution in [3.63, 3.8) is 0 Å². The molecular weight excluding hydrogens is 232 g/mol. The highest BCUT2D eigenvalue weighted by Crippen LogP contribution is 2.35. The zero-order chi connectivity index (χ0) is 13.3. The summed E-state index contributed by atoms with van der Waals surface area (Å²) in [6, 6.07) is 5.55. The highest BCUT2D eigenvalue weighted by Gasteiger charge is 2.22. The molecule has 2 aromatic rings. The number of ether oxygens (including phenoxy) is 1. The molecule has 0 spiro atoms. The maximum atomic E-state index is 11.2. The third-order valence-electron chi connectivity index (χ3n) is 2.62. The number of rotatable bonds is 4. The predicted octanol–water partition coefficient (Wildman–Crippen LogP) is 3.47. The van der Waals surface area contributed by atoms with Crippen LogP contribution in [0.25, 0.3) is 11.0 Å². The Bertz CT molecular complexity index is 581. The Labute approximate surface area is 105 Å². The highest BCUT2D eigenvalue weighted by molar-refractivity contribution is 5.98. The predicted molar refractivity (Wildman–Crippen MR) is 68.2 cm³/mol. The van der Waals surface area contributed by atoms with Gasteiger partial charge in [-0.2, -0.15) is 0 Å². The van der Waals surface area contributed by atoms with Crippen LogP contribution in [0.3, 0.4) is 0 Å². The molecule has 1 aromatic carbocycles. The summed E-state index contributed by atoms with van der Waals surface area (Å²) in [4.78, 5) is 11.2. The normalized spacial score (nSPS) is 11.1. The van der Waals surface area contributed by atoms with E-state index in [9.17, 15) is 4.79 Å². The van der Waals surface area contributed by atoms with Gasteiger partial charge in [0.15, 0.2) is 5.75 Å². The second-order valence-electron chi connectivity index (χ2n) is 4.72. The number of hydrogen-bond acceptors (Lipinski definition) is 3. The summed E-state index contributed by atoms with van der Waals surface area (Å²) < 4.78 is 11.0. The lowest BCUT2D eigenvalue weighted by Gasteiger charge is -2.07. The van der Waals surface area contributed by atoms with Gasteiger partial charge in [0.05, 0.1) is 12.0 Å². The number of aryl methyl sites for hydroxylation is 1. The van der Waals surface area contributed by atoms with Crippen LogP contribution >= 0.6 is 0 Å². The number of carboxylic acids is 1. The zero-order valence-electron chi connectivity index (χ0n) is 10.7. The van der Waals surface area contributed by atoms with Crippen molar-refractivity contribution in [1.29, 1.82) is 0 Å². The van der Waals surface area contributed by atoms with Crippen LogP contribution in [0.4, 0.5) is 0 Å². The molecule has 0 bridgehead atoms. The van der Waals surface area contributed by atoms with E-state index in [1.54, 1.807) is 0 Å². The van der Waals surface area contributed by atoms with Crippen LogP contribution in [-0.4, -0.2) is 17.7 Å². The number of hydrogen-bond donors (Lipinski definition) is 1. The second-order valence-corrected chi connectivity index (χ2v) is 4.72. The van der Waals surface area contributed by atoms with Gasteiger partial charge in [-0.05, 0) is 24.5 Å². The van der Waals surface area contributed by atoms with Crippen LogP contribution in [0.1, 0.15) is 30.0 Å². The minimum atomic E-state index is -1.11. The summed E-state index contributed by atoms with van der Waals surface area (Å²) in [6.07, 6.45) is 0. The molecule has 1 aromatic heterocycles. The molecule has 4 nitrogen and oxygen atoms in total. The topological polar surface area (TPSA) is 59.7 Å². The third kappa shape index (κ3) is 2.18. The van der Waals surface area contributed by atoms with Gasteiger partial charge in [-0.15, -0.1) is 0 Å². The van der Waals surface area contributed by atoms with E-state index >= 15 is 0 Å². The molecule has 0 aliphatic rings. The number of aromatic carboxylic acids is 1. The molecule has 4 heteroatoms. The Morgan fingerprint density at radius 2 is 2.17 bits per heavy atom. The van der Waals surface area contributed by atoms with Crippen LogP contribution in [0.2, 0.25) is 0 Å². The van der Waals surface area contributed by atoms with E-state index in [1.165, 1.54) is 0 Å². The lowest BCUT2D eigenvalue weighted by molar-refractivity contribution is 0.0657. The van der Waals surface area contributed by atoms with Crippen molar-refractivity contribution in [2.24, 2.45) is 5.92 Å². The number of fused-ring (bicyclic) bond motifs is 1. The molecule has 0 unspecified atom stereocenters. The van der Waals surface area contributed by atoms with E-state index in [1.807, 2.05) is 39.0 Å². The van der Waals surface area contributed by atoms with Gasteiger partial charge in [-0.3, -0.25) is 0 Å². The van der Waals surface area contributed by atoms with Crippen molar-refractivity contribution in [3.8, 4) is 5.75 Å². The van der Waals surface area contributed by atoms with Gasteiger partial charge in [0, 0.05) is 0 Å². The highest BCUT2D eigenvalue weighted by atomic mass is 16.5. The minimum Gasteiger partial charge on any atom is -0.488 e. The Kier molecular flexibility index (Phi) is 3.28. The molecule has 96 valence electrons. The molecule has 0 fully saturated rings. The first-order chi connectivity index (χ1) is 8.50. The fourth-order valence-electron chi connectivity index (χ4n) is 1.77. The molecule has 0 saturated heterocycles. The lowest BCUT2D eigenvalue weighted by atomic mass is 10.1. The van der Waals surface area contributed by atoms with E-state index in [0.717, 1.165) is 5.56 Å². The van der Waals surface area contributed by atoms with Crippen LogP contribution in [0.5, 0.6) is 5.75 Å². The summed E-state index contributed by atoms with van der Waals surface area (Å²) in [7, 11) is 0. The monoisotopic (exact) mass is 248 g/mol. The number of para-hydroxylation sites is 1. The van der Waals surface area contributed by atoms with E-state index < -0.39 is 5.97 Å². The van der Waals surface area contributed by atoms with E-state index in [4.69, 9.17) is 14.3 Å². The second kappa shape index (κ2) is 4.72. The first-order valence-corrected chi connectivity index (χ1v) is 5.89. The summed E-state index contributed by atoms with van der Waals surface area (Å²) in [6.45, 7) is 6.36. The summed E-state index contributed by atoms with van der Waals surface area (Å²) in [5, 5.41) is 9.86. The Morgan fingerprint density at radius 3 is 2.78 bits per heavy atom. The van der Waals surface area contributed by atoms with Gasteiger partial charge in [0.2, 0.25) is 0 Å². The smallest absolute Gasteiger partial charge is 0.375 e. The Morgan fingerprint density at radius 1 is 1.44 bits per heavy atom. The number of carbonyl (C=O) groups is 1. The molecule has 0 saturated carbocycles. The van der Waals surface area contributed by atoms with Crippen molar-refractivity contribution in [1.82, 2.24) is 0 Å². The van der Waals surface area contributed by atoms with E-state index in [-0.39, 0.29) is 5.76 Å². The standard InChI is InChI=1S/C14H16O4/c1-8(2)7-17-12-10-6-4-5-9(3)11(10)18-13(12)14(15)16/h4-6,8H,7H2,1-3H3,(H,15,16). The quantitative estimate of drug-likeness (QED) is 0.899. The first-order valence-electron chi connectivity index (χ1n) is 5.89. The van der Waals surface area contributed by atoms with E-state index in [2.05, 4.69) is 0 Å². The number of furan rings is 1. The van der Waals surface area contributed by atoms with Crippen molar-refractivity contribution in [2.45, 2.75) is 20.8 Å². The molecule has 0 aliphatic heterocycles. The first kappa shape index (κ1) is 12.5. The number of benzene rings is 1. The maximum Gasteiger partial charge on any atom is 0.375 e. The molecule has 0 aliphatic carbocycles. The van der Waals surface area contributed by atoms with Gasteiger partial charge >= 0.3 is 5.97 Å². The van der Waals surface area contributed by atoms with Crippen molar-refractivity contribution < 1.29 is 19.1 Å². The minimum absolute atomic E-state index is 0.125. The van der Waals surface area contributed by atoms with Crippen LogP contribution in [0, 0.1) is 12.8 Å². The molecule has 0 atom stereocenters. The fourth-order valence-corrected chi connectivity index (χ4v) is 1.77. The van der Waals surface area contributed by atoms with Gasteiger partial charge in [0.25, 0.3) is 5.76 Å². The van der Waals surface area contributed by atoms with Gasteiger partial charge in [0.1, 0.15) is 5.58 Å². The zero-order valence-corrected chi connectivity index (χ0v) is 10.7. The maximum absolute atomic E-state index is 11.2. The third-order valence-corrected chi connectivity index (χ3v) is 2.62. The van der Waals surface area contributed by atoms with Crippen LogP contribution in [-0.2, 0) is 0 Å². The Hall–Kier alpha value is -1.97. The van der Waals surface area contributed by atoms with Crippen molar-refractivity contribution in [2.75, 3.05) is 6.61 Å². The molecule has 18 heavy (non-hydrogen) atoms. The SMILES string of the molecule is Cc1cccc2c(OCC(C)C)c(C(=O)O)oc12. The van der Waals surface area contributed by atoms with E-state index in [0.29, 0.717) is 29.2 Å². The summed E-state index contributed by atoms with van der Waals surface area (Å²) in [5.41, 5.74) is 1.48. The van der Waals surface area contributed by atoms with Crippen LogP contribution in [0.15, 0.2) is 22.6 Å². The average Bonchev–Trinajstić information content (AvgIpc) is 2.66. The number of carboxylic acid groups (broad SMARTS) is 1. The molecular formula is C14H16O4. The van der Waals surface area contributed by atoms with Crippen molar-refractivity contribution in [3.05, 3.63) is 29.5 Å². The molecule has 0 amide bonds. The molecule has 0 radical (unpaired) electrons. The molecule has 2 rings (SSSR count). The van der Waals surface area contributed by atoms with Crippen LogP contribution < -0.4 is 4.74 Å². The fraction of sp³-hybridized carbons (Fsp3) is 0.357. The summed E-state index contributed by atoms with van der Waals surface area (Å²) in [5.74, 6) is -0.583. The Balaban J connectivity index is 2.56. The van der Waals surface area contributed by atoms with Gasteiger partial charge < -0.3 is 14.3 Å². The lowest BCUT2D eigenvalue weighted by Crippen LogP contribution is -2.07.